The number of anilines is 1. The summed E-state index contributed by atoms with van der Waals surface area (Å²) < 4.78 is 0. The van der Waals surface area contributed by atoms with Gasteiger partial charge in [0.1, 0.15) is 0 Å². The smallest absolute Gasteiger partial charge is 0.324 e. The highest BCUT2D eigenvalue weighted by molar-refractivity contribution is 8.00. The van der Waals surface area contributed by atoms with Crippen molar-refractivity contribution in [2.24, 2.45) is 0 Å². The summed E-state index contributed by atoms with van der Waals surface area (Å²) in [7, 11) is 0. The van der Waals surface area contributed by atoms with Gasteiger partial charge in [-0.15, -0.1) is 11.8 Å². The van der Waals surface area contributed by atoms with Crippen LogP contribution >= 0.6 is 11.8 Å². The molecule has 0 atom stereocenters. The quantitative estimate of drug-likeness (QED) is 0.830. The third-order valence-electron chi connectivity index (χ3n) is 3.78. The second-order valence-electron chi connectivity index (χ2n) is 5.38. The standard InChI is InChI=1S/C17H10N2O5S/c20-14-8-25-13-6-5-9(7-12(13)18-14)17(23)24-19-15(21)10-3-1-2-4-11(10)16(19)22/h1-7H,8H2,(H,18,20). The van der Waals surface area contributed by atoms with E-state index in [2.05, 4.69) is 5.32 Å². The summed E-state index contributed by atoms with van der Waals surface area (Å²) in [6.45, 7) is 0. The normalized spacial score (nSPS) is 15.5. The molecule has 1 N–H and O–H groups in total. The number of fused-ring (bicyclic) bond motifs is 2. The SMILES string of the molecule is O=C1CSc2ccc(C(=O)ON3C(=O)c4ccccc4C3=O)cc2N1. The first-order valence-electron chi connectivity index (χ1n) is 7.31. The fourth-order valence-corrected chi connectivity index (χ4v) is 3.38. The summed E-state index contributed by atoms with van der Waals surface area (Å²) in [5.41, 5.74) is 1.000. The molecule has 0 bridgehead atoms. The van der Waals surface area contributed by atoms with Crippen molar-refractivity contribution in [1.82, 2.24) is 5.06 Å². The predicted molar refractivity (Wildman–Crippen MR) is 88.2 cm³/mol. The molecule has 0 saturated heterocycles. The molecule has 2 aromatic carbocycles. The van der Waals surface area contributed by atoms with Crippen LogP contribution in [-0.4, -0.2) is 34.5 Å². The van der Waals surface area contributed by atoms with E-state index in [0.717, 1.165) is 4.90 Å². The molecule has 4 rings (SSSR count). The Hall–Kier alpha value is -3.13. The summed E-state index contributed by atoms with van der Waals surface area (Å²) >= 11 is 1.36. The number of hydroxylamine groups is 2. The van der Waals surface area contributed by atoms with Gasteiger partial charge in [-0.2, -0.15) is 0 Å². The maximum atomic E-state index is 12.3. The van der Waals surface area contributed by atoms with Crippen molar-refractivity contribution in [2.45, 2.75) is 4.90 Å². The number of rotatable bonds is 2. The predicted octanol–water partition coefficient (Wildman–Crippen LogP) is 2.10. The molecule has 0 saturated carbocycles. The van der Waals surface area contributed by atoms with Gasteiger partial charge in [0.05, 0.1) is 28.1 Å². The molecule has 0 fully saturated rings. The van der Waals surface area contributed by atoms with E-state index < -0.39 is 17.8 Å². The average Bonchev–Trinajstić information content (AvgIpc) is 2.86. The molecular weight excluding hydrogens is 344 g/mol. The minimum absolute atomic E-state index is 0.123. The summed E-state index contributed by atoms with van der Waals surface area (Å²) in [5.74, 6) is -2.08. The van der Waals surface area contributed by atoms with Crippen LogP contribution in [0.3, 0.4) is 0 Å². The van der Waals surface area contributed by atoms with Crippen molar-refractivity contribution >= 4 is 41.1 Å². The van der Waals surface area contributed by atoms with Crippen LogP contribution in [0.15, 0.2) is 47.4 Å². The van der Waals surface area contributed by atoms with Gasteiger partial charge in [-0.3, -0.25) is 14.4 Å². The van der Waals surface area contributed by atoms with Crippen LogP contribution in [0.4, 0.5) is 5.69 Å². The van der Waals surface area contributed by atoms with E-state index in [4.69, 9.17) is 4.84 Å². The Kier molecular flexibility index (Phi) is 3.54. The van der Waals surface area contributed by atoms with E-state index in [1.54, 1.807) is 18.2 Å². The summed E-state index contributed by atoms with van der Waals surface area (Å²) in [6, 6.07) is 10.9. The zero-order valence-corrected chi connectivity index (χ0v) is 13.5. The molecule has 0 aliphatic carbocycles. The number of hydrogen-bond acceptors (Lipinski definition) is 6. The molecular formula is C17H10N2O5S. The van der Waals surface area contributed by atoms with Gasteiger partial charge in [-0.25, -0.2) is 4.79 Å². The highest BCUT2D eigenvalue weighted by Crippen LogP contribution is 2.32. The van der Waals surface area contributed by atoms with E-state index in [1.165, 1.54) is 36.0 Å². The van der Waals surface area contributed by atoms with Gasteiger partial charge < -0.3 is 10.2 Å². The van der Waals surface area contributed by atoms with Gasteiger partial charge in [0.15, 0.2) is 0 Å². The Morgan fingerprint density at radius 1 is 1.04 bits per heavy atom. The number of thioether (sulfide) groups is 1. The first-order valence-corrected chi connectivity index (χ1v) is 8.30. The molecule has 2 aliphatic rings. The largest absolute Gasteiger partial charge is 0.364 e. The van der Waals surface area contributed by atoms with Crippen LogP contribution in [0, 0.1) is 0 Å². The second kappa shape index (κ2) is 5.75. The third kappa shape index (κ3) is 2.56. The van der Waals surface area contributed by atoms with Crippen LogP contribution in [0.1, 0.15) is 31.1 Å². The van der Waals surface area contributed by atoms with Crippen LogP contribution < -0.4 is 5.32 Å². The number of benzene rings is 2. The number of amides is 3. The third-order valence-corrected chi connectivity index (χ3v) is 4.85. The lowest BCUT2D eigenvalue weighted by atomic mass is 10.1. The fourth-order valence-electron chi connectivity index (χ4n) is 2.60. The summed E-state index contributed by atoms with van der Waals surface area (Å²) in [6.07, 6.45) is 0. The molecule has 2 heterocycles. The van der Waals surface area contributed by atoms with Crippen LogP contribution in [-0.2, 0) is 9.63 Å². The van der Waals surface area contributed by atoms with E-state index in [-0.39, 0.29) is 22.6 Å². The fraction of sp³-hybridized carbons (Fsp3) is 0.0588. The first kappa shape index (κ1) is 15.4. The Morgan fingerprint density at radius 3 is 2.40 bits per heavy atom. The molecule has 3 amide bonds. The Balaban J connectivity index is 1.57. The number of carbonyl (C=O) groups is 4. The Bertz CT molecular complexity index is 921. The van der Waals surface area contributed by atoms with Gasteiger partial charge >= 0.3 is 5.97 Å². The van der Waals surface area contributed by atoms with E-state index in [9.17, 15) is 19.2 Å². The van der Waals surface area contributed by atoms with Gasteiger partial charge in [0.25, 0.3) is 11.8 Å². The van der Waals surface area contributed by atoms with Gasteiger partial charge in [0, 0.05) is 4.90 Å². The highest BCUT2D eigenvalue weighted by atomic mass is 32.2. The number of nitrogens with one attached hydrogen (secondary N) is 1. The van der Waals surface area contributed by atoms with Gasteiger partial charge in [-0.05, 0) is 30.3 Å². The van der Waals surface area contributed by atoms with E-state index in [1.807, 2.05) is 0 Å². The van der Waals surface area contributed by atoms with E-state index >= 15 is 0 Å². The average molecular weight is 354 g/mol. The molecule has 0 unspecified atom stereocenters. The van der Waals surface area contributed by atoms with Gasteiger partial charge in [-0.1, -0.05) is 17.2 Å². The molecule has 0 spiro atoms. The highest BCUT2D eigenvalue weighted by Gasteiger charge is 2.38. The second-order valence-corrected chi connectivity index (χ2v) is 6.39. The molecule has 0 aromatic heterocycles. The molecule has 2 aromatic rings. The lowest BCUT2D eigenvalue weighted by Crippen LogP contribution is -2.32. The van der Waals surface area contributed by atoms with Crippen LogP contribution in [0.5, 0.6) is 0 Å². The Labute approximate surface area is 145 Å². The van der Waals surface area contributed by atoms with E-state index in [0.29, 0.717) is 16.5 Å². The van der Waals surface area contributed by atoms with Crippen molar-refractivity contribution in [2.75, 3.05) is 11.1 Å². The van der Waals surface area contributed by atoms with Gasteiger partial charge in [0.2, 0.25) is 5.91 Å². The van der Waals surface area contributed by atoms with Crippen molar-refractivity contribution < 1.29 is 24.0 Å². The maximum Gasteiger partial charge on any atom is 0.364 e. The topological polar surface area (TPSA) is 92.8 Å². The monoisotopic (exact) mass is 354 g/mol. The molecule has 124 valence electrons. The van der Waals surface area contributed by atoms with Crippen molar-refractivity contribution in [3.8, 4) is 0 Å². The molecule has 2 aliphatic heterocycles. The first-order chi connectivity index (χ1) is 12.0. The Morgan fingerprint density at radius 2 is 1.72 bits per heavy atom. The number of hydrogen-bond donors (Lipinski definition) is 1. The minimum Gasteiger partial charge on any atom is -0.324 e. The van der Waals surface area contributed by atoms with Crippen molar-refractivity contribution in [1.29, 1.82) is 0 Å². The minimum atomic E-state index is -0.859. The zero-order valence-electron chi connectivity index (χ0n) is 12.6. The summed E-state index contributed by atoms with van der Waals surface area (Å²) in [4.78, 5) is 54.0. The summed E-state index contributed by atoms with van der Waals surface area (Å²) in [5, 5.41) is 3.12. The number of nitrogens with zero attached hydrogens (tertiary/aromatic N) is 1. The molecule has 25 heavy (non-hydrogen) atoms. The van der Waals surface area contributed by atoms with Crippen LogP contribution in [0.2, 0.25) is 0 Å². The maximum absolute atomic E-state index is 12.3. The lowest BCUT2D eigenvalue weighted by molar-refractivity contribution is -0.113. The van der Waals surface area contributed by atoms with Crippen LogP contribution in [0.25, 0.3) is 0 Å². The lowest BCUT2D eigenvalue weighted by Gasteiger charge is -2.17. The molecule has 0 radical (unpaired) electrons. The molecule has 8 heteroatoms. The number of imide groups is 1. The van der Waals surface area contributed by atoms with Crippen molar-refractivity contribution in [3.63, 3.8) is 0 Å². The zero-order chi connectivity index (χ0) is 17.6. The molecule has 7 nitrogen and oxygen atoms in total. The number of carbonyl (C=O) groups excluding carboxylic acids is 4. The van der Waals surface area contributed by atoms with Crippen molar-refractivity contribution in [3.05, 3.63) is 59.2 Å².